The number of hydrogen-bond acceptors (Lipinski definition) is 2. The summed E-state index contributed by atoms with van der Waals surface area (Å²) >= 11 is 9.46. The monoisotopic (exact) mass is 398 g/mol. The molecule has 0 aromatic carbocycles. The van der Waals surface area contributed by atoms with Crippen LogP contribution in [0.15, 0.2) is 14.3 Å². The predicted molar refractivity (Wildman–Crippen MR) is 58.6 cm³/mol. The zero-order chi connectivity index (χ0) is 10.2. The highest BCUT2D eigenvalue weighted by atomic mass is 79.9. The average Bonchev–Trinajstić information content (AvgIpc) is 2.29. The normalized spacial score (nSPS) is 14.6. The van der Waals surface area contributed by atoms with Gasteiger partial charge in [-0.15, -0.1) is 11.3 Å². The minimum absolute atomic E-state index is 0.195. The van der Waals surface area contributed by atoms with Crippen LogP contribution in [0, 0.1) is 0 Å². The molecule has 7 heteroatoms. The first-order valence-electron chi connectivity index (χ1n) is 3.02. The lowest BCUT2D eigenvalue weighted by Gasteiger charge is -2.13. The molecule has 0 aliphatic rings. The molecule has 13 heavy (non-hydrogen) atoms. The first kappa shape index (κ1) is 12.0. The van der Waals surface area contributed by atoms with E-state index in [9.17, 15) is 8.78 Å². The second-order valence-corrected chi connectivity index (χ2v) is 6.53. The molecule has 1 nitrogen and oxygen atoms in total. The molecule has 0 bridgehead atoms. The Morgan fingerprint density at radius 1 is 1.46 bits per heavy atom. The van der Waals surface area contributed by atoms with Crippen molar-refractivity contribution < 1.29 is 13.9 Å². The molecule has 0 spiro atoms. The van der Waals surface area contributed by atoms with Crippen molar-refractivity contribution in [3.05, 3.63) is 19.2 Å². The molecule has 1 rings (SSSR count). The first-order valence-corrected chi connectivity index (χ1v) is 6.21. The topological polar surface area (TPSA) is 20.2 Å². The molecule has 0 aliphatic heterocycles. The number of aliphatic hydroxyl groups excluding tert-OH is 1. The maximum atomic E-state index is 12.6. The van der Waals surface area contributed by atoms with Gasteiger partial charge in [-0.05, 0) is 53.9 Å². The summed E-state index contributed by atoms with van der Waals surface area (Å²) in [6.07, 6.45) is -1.82. The molecule has 1 atom stereocenters. The fourth-order valence-corrected chi connectivity index (χ4v) is 3.17. The second kappa shape index (κ2) is 4.22. The standard InChI is InChI=1S/C6H3Br3F2OS/c7-2-1-3(13-5(2)8)4(12)6(9,10)11/h1,4,12H. The van der Waals surface area contributed by atoms with E-state index in [-0.39, 0.29) is 4.88 Å². The SMILES string of the molecule is OC(c1cc(Br)c(Br)s1)C(F)(F)Br. The minimum Gasteiger partial charge on any atom is -0.380 e. The van der Waals surface area contributed by atoms with Gasteiger partial charge in [0.15, 0.2) is 6.10 Å². The van der Waals surface area contributed by atoms with Crippen molar-refractivity contribution in [3.8, 4) is 0 Å². The van der Waals surface area contributed by atoms with Crippen LogP contribution in [0.5, 0.6) is 0 Å². The van der Waals surface area contributed by atoms with E-state index in [1.54, 1.807) is 0 Å². The van der Waals surface area contributed by atoms with Gasteiger partial charge in [0.25, 0.3) is 0 Å². The van der Waals surface area contributed by atoms with Gasteiger partial charge < -0.3 is 5.11 Å². The third-order valence-corrected chi connectivity index (χ3v) is 4.99. The van der Waals surface area contributed by atoms with Gasteiger partial charge in [-0.25, -0.2) is 0 Å². The molecule has 1 unspecified atom stereocenters. The molecule has 0 amide bonds. The van der Waals surface area contributed by atoms with Gasteiger partial charge >= 0.3 is 4.83 Å². The number of alkyl halides is 3. The Labute approximate surface area is 103 Å². The van der Waals surface area contributed by atoms with Gasteiger partial charge in [0, 0.05) is 9.35 Å². The minimum atomic E-state index is -3.29. The largest absolute Gasteiger partial charge is 0.380 e. The van der Waals surface area contributed by atoms with E-state index >= 15 is 0 Å². The summed E-state index contributed by atoms with van der Waals surface area (Å²) in [5, 5.41) is 9.17. The van der Waals surface area contributed by atoms with Crippen LogP contribution < -0.4 is 0 Å². The fourth-order valence-electron chi connectivity index (χ4n) is 0.659. The molecule has 1 aromatic heterocycles. The lowest BCUT2D eigenvalue weighted by Crippen LogP contribution is -2.16. The van der Waals surface area contributed by atoms with E-state index in [0.29, 0.717) is 8.26 Å². The van der Waals surface area contributed by atoms with Gasteiger partial charge in [-0.2, -0.15) is 8.78 Å². The first-order chi connectivity index (χ1) is 5.82. The van der Waals surface area contributed by atoms with Crippen LogP contribution in [0.1, 0.15) is 11.0 Å². The van der Waals surface area contributed by atoms with E-state index in [2.05, 4.69) is 47.8 Å². The van der Waals surface area contributed by atoms with Gasteiger partial charge in [0.2, 0.25) is 0 Å². The molecule has 1 aromatic rings. The Morgan fingerprint density at radius 3 is 2.31 bits per heavy atom. The lowest BCUT2D eigenvalue weighted by atomic mass is 10.3. The summed E-state index contributed by atoms with van der Waals surface area (Å²) in [5.41, 5.74) is 0. The van der Waals surface area contributed by atoms with E-state index in [1.165, 1.54) is 6.07 Å². The highest BCUT2D eigenvalue weighted by molar-refractivity contribution is 9.13. The number of halogens is 5. The van der Waals surface area contributed by atoms with Crippen LogP contribution in [0.2, 0.25) is 0 Å². The number of hydrogen-bond donors (Lipinski definition) is 1. The smallest absolute Gasteiger partial charge is 0.331 e. The molecule has 0 saturated carbocycles. The Morgan fingerprint density at radius 2 is 2.00 bits per heavy atom. The second-order valence-electron chi connectivity index (χ2n) is 2.21. The predicted octanol–water partition coefficient (Wildman–Crippen LogP) is 4.29. The highest BCUT2D eigenvalue weighted by Gasteiger charge is 2.37. The zero-order valence-electron chi connectivity index (χ0n) is 5.90. The van der Waals surface area contributed by atoms with E-state index in [0.717, 1.165) is 11.3 Å². The summed E-state index contributed by atoms with van der Waals surface area (Å²) in [5.74, 6) is 0. The van der Waals surface area contributed by atoms with Gasteiger partial charge in [-0.1, -0.05) is 0 Å². The van der Waals surface area contributed by atoms with Crippen LogP contribution in [0.3, 0.4) is 0 Å². The van der Waals surface area contributed by atoms with Crippen molar-refractivity contribution in [1.82, 2.24) is 0 Å². The summed E-state index contributed by atoms with van der Waals surface area (Å²) in [7, 11) is 0. The average molecular weight is 401 g/mol. The van der Waals surface area contributed by atoms with Crippen molar-refractivity contribution in [3.63, 3.8) is 0 Å². The number of rotatable bonds is 2. The van der Waals surface area contributed by atoms with E-state index in [1.807, 2.05) is 0 Å². The van der Waals surface area contributed by atoms with Gasteiger partial charge in [0.1, 0.15) is 0 Å². The quantitative estimate of drug-likeness (QED) is 0.734. The van der Waals surface area contributed by atoms with Crippen molar-refractivity contribution in [2.45, 2.75) is 10.9 Å². The molecule has 0 radical (unpaired) electrons. The van der Waals surface area contributed by atoms with Crippen LogP contribution in [-0.4, -0.2) is 9.94 Å². The molecular formula is C6H3Br3F2OS. The molecule has 74 valence electrons. The molecular weight excluding hydrogens is 398 g/mol. The Balaban J connectivity index is 2.96. The fraction of sp³-hybridized carbons (Fsp3) is 0.333. The summed E-state index contributed by atoms with van der Waals surface area (Å²) in [6.45, 7) is 0. The van der Waals surface area contributed by atoms with Crippen LogP contribution in [-0.2, 0) is 0 Å². The zero-order valence-corrected chi connectivity index (χ0v) is 11.5. The summed E-state index contributed by atoms with van der Waals surface area (Å²) in [4.78, 5) is -3.10. The Hall–Kier alpha value is 0.960. The molecule has 0 saturated heterocycles. The van der Waals surface area contributed by atoms with Crippen molar-refractivity contribution in [2.24, 2.45) is 0 Å². The third-order valence-electron chi connectivity index (χ3n) is 1.24. The van der Waals surface area contributed by atoms with E-state index in [4.69, 9.17) is 5.11 Å². The Bertz CT molecular complexity index is 290. The third kappa shape index (κ3) is 2.95. The number of thiophene rings is 1. The molecule has 0 aliphatic carbocycles. The van der Waals surface area contributed by atoms with Crippen molar-refractivity contribution in [2.75, 3.05) is 0 Å². The molecule has 1 heterocycles. The van der Waals surface area contributed by atoms with Crippen LogP contribution in [0.25, 0.3) is 0 Å². The maximum absolute atomic E-state index is 12.6. The van der Waals surface area contributed by atoms with Gasteiger partial charge in [0.05, 0.1) is 3.79 Å². The van der Waals surface area contributed by atoms with Crippen molar-refractivity contribution >= 4 is 59.1 Å². The molecule has 1 N–H and O–H groups in total. The van der Waals surface area contributed by atoms with Crippen molar-refractivity contribution in [1.29, 1.82) is 0 Å². The van der Waals surface area contributed by atoms with E-state index < -0.39 is 10.9 Å². The summed E-state index contributed by atoms with van der Waals surface area (Å²) < 4.78 is 26.5. The molecule has 0 fully saturated rings. The van der Waals surface area contributed by atoms with Gasteiger partial charge in [-0.3, -0.25) is 0 Å². The highest BCUT2D eigenvalue weighted by Crippen LogP contribution is 2.43. The number of aliphatic hydroxyl groups is 1. The maximum Gasteiger partial charge on any atom is 0.331 e. The van der Waals surface area contributed by atoms with Crippen LogP contribution in [0.4, 0.5) is 8.78 Å². The van der Waals surface area contributed by atoms with Crippen LogP contribution >= 0.6 is 59.1 Å². The Kier molecular flexibility index (Phi) is 3.91. The summed E-state index contributed by atoms with van der Waals surface area (Å²) in [6, 6.07) is 1.45. The lowest BCUT2D eigenvalue weighted by molar-refractivity contribution is -0.0275.